The van der Waals surface area contributed by atoms with E-state index in [4.69, 9.17) is 4.74 Å². The van der Waals surface area contributed by atoms with Crippen molar-refractivity contribution in [2.24, 2.45) is 0 Å². The van der Waals surface area contributed by atoms with Gasteiger partial charge in [0.2, 0.25) is 11.9 Å². The van der Waals surface area contributed by atoms with Gasteiger partial charge in [-0.05, 0) is 37.6 Å². The van der Waals surface area contributed by atoms with Crippen molar-refractivity contribution in [2.75, 3.05) is 23.1 Å². The molecule has 8 nitrogen and oxygen atoms in total. The molecule has 0 saturated carbocycles. The maximum Gasteiger partial charge on any atom is 0.421 e. The molecule has 0 fully saturated rings. The number of amides is 1. The number of halogens is 4. The number of nitrogens with zero attached hydrogens (tertiary/aromatic N) is 3. The first-order valence-electron chi connectivity index (χ1n) is 9.74. The van der Waals surface area contributed by atoms with Gasteiger partial charge in [-0.3, -0.25) is 9.78 Å². The minimum Gasteiger partial charge on any atom is -0.495 e. The topological polar surface area (TPSA) is 101 Å². The number of anilines is 5. The van der Waals surface area contributed by atoms with E-state index in [2.05, 4.69) is 37.5 Å². The molecule has 0 radical (unpaired) electrons. The Hall–Kier alpha value is -4.22. The third-order valence-electron chi connectivity index (χ3n) is 4.63. The van der Waals surface area contributed by atoms with Gasteiger partial charge < -0.3 is 20.7 Å². The first-order valence-corrected chi connectivity index (χ1v) is 9.74. The fraction of sp³-hybridized carbons (Fsp3) is 0.182. The highest BCUT2D eigenvalue weighted by Crippen LogP contribution is 2.37. The molecule has 0 spiro atoms. The highest BCUT2D eigenvalue weighted by molar-refractivity contribution is 6.01. The molecular formula is C22H20F4N6O2. The molecule has 2 aromatic heterocycles. The number of hydrogen-bond donors (Lipinski definition) is 3. The minimum absolute atomic E-state index is 0.0397. The molecule has 0 aliphatic rings. The van der Waals surface area contributed by atoms with Crippen LogP contribution in [0.5, 0.6) is 5.75 Å². The van der Waals surface area contributed by atoms with Crippen molar-refractivity contribution in [2.45, 2.75) is 20.0 Å². The van der Waals surface area contributed by atoms with Gasteiger partial charge in [-0.1, -0.05) is 6.58 Å². The van der Waals surface area contributed by atoms with Crippen LogP contribution in [0.15, 0.2) is 43.2 Å². The lowest BCUT2D eigenvalue weighted by Gasteiger charge is -2.18. The van der Waals surface area contributed by atoms with E-state index in [0.29, 0.717) is 23.3 Å². The summed E-state index contributed by atoms with van der Waals surface area (Å²) < 4.78 is 60.3. The summed E-state index contributed by atoms with van der Waals surface area (Å²) in [5, 5.41) is 7.70. The normalized spacial score (nSPS) is 11.0. The van der Waals surface area contributed by atoms with Crippen molar-refractivity contribution in [1.29, 1.82) is 0 Å². The van der Waals surface area contributed by atoms with E-state index in [1.54, 1.807) is 13.0 Å². The highest BCUT2D eigenvalue weighted by Gasteiger charge is 2.35. The predicted molar refractivity (Wildman–Crippen MR) is 119 cm³/mol. The Kier molecular flexibility index (Phi) is 6.99. The molecule has 12 heteroatoms. The van der Waals surface area contributed by atoms with Crippen molar-refractivity contribution in [3.05, 3.63) is 65.9 Å². The molecule has 0 saturated heterocycles. The quantitative estimate of drug-likeness (QED) is 0.316. The molecule has 34 heavy (non-hydrogen) atoms. The van der Waals surface area contributed by atoms with Crippen LogP contribution in [0.4, 0.5) is 46.4 Å². The van der Waals surface area contributed by atoms with Gasteiger partial charge in [0, 0.05) is 12.3 Å². The summed E-state index contributed by atoms with van der Waals surface area (Å²) in [5.74, 6) is -1.75. The van der Waals surface area contributed by atoms with Gasteiger partial charge in [0.25, 0.3) is 0 Å². The standard InChI is InChI=1S/C22H20F4N6O2/c1-5-19(33)29-17-6-11(2)15(23)8-18(17)30-20-14(22(24,25)26)10-28-21(32-20)31-16-7-13(34-4)9-27-12(16)3/h5-10H,1H2,2-4H3,(H,29,33)(H2,28,30,31,32). The number of pyridine rings is 1. The highest BCUT2D eigenvalue weighted by atomic mass is 19.4. The molecule has 0 atom stereocenters. The summed E-state index contributed by atoms with van der Waals surface area (Å²) in [4.78, 5) is 23.6. The van der Waals surface area contributed by atoms with E-state index in [1.807, 2.05) is 0 Å². The predicted octanol–water partition coefficient (Wildman–Crippen LogP) is 5.27. The SMILES string of the molecule is C=CC(=O)Nc1cc(C)c(F)cc1Nc1nc(Nc2cc(OC)cnc2C)ncc1C(F)(F)F. The van der Waals surface area contributed by atoms with Gasteiger partial charge in [0.15, 0.2) is 0 Å². The largest absolute Gasteiger partial charge is 0.495 e. The van der Waals surface area contributed by atoms with Crippen LogP contribution >= 0.6 is 0 Å². The van der Waals surface area contributed by atoms with E-state index in [-0.39, 0.29) is 22.9 Å². The average Bonchev–Trinajstić information content (AvgIpc) is 2.78. The Bertz CT molecular complexity index is 1250. The zero-order valence-electron chi connectivity index (χ0n) is 18.3. The number of nitrogens with one attached hydrogen (secondary N) is 3. The average molecular weight is 476 g/mol. The monoisotopic (exact) mass is 476 g/mol. The molecule has 2 heterocycles. The smallest absolute Gasteiger partial charge is 0.421 e. The lowest BCUT2D eigenvalue weighted by atomic mass is 10.1. The Morgan fingerprint density at radius 3 is 2.44 bits per heavy atom. The second-order valence-corrected chi connectivity index (χ2v) is 7.05. The first-order chi connectivity index (χ1) is 16.0. The van der Waals surface area contributed by atoms with Crippen LogP contribution in [0, 0.1) is 19.7 Å². The molecule has 0 unspecified atom stereocenters. The van der Waals surface area contributed by atoms with Gasteiger partial charge >= 0.3 is 6.18 Å². The third-order valence-corrected chi connectivity index (χ3v) is 4.63. The van der Waals surface area contributed by atoms with Crippen molar-refractivity contribution in [1.82, 2.24) is 15.0 Å². The number of carbonyl (C=O) groups excluding carboxylic acids is 1. The van der Waals surface area contributed by atoms with Crippen molar-refractivity contribution >= 4 is 34.7 Å². The molecule has 3 aromatic rings. The molecule has 3 rings (SSSR count). The number of benzene rings is 1. The molecule has 1 aromatic carbocycles. The number of hydrogen-bond acceptors (Lipinski definition) is 7. The van der Waals surface area contributed by atoms with Crippen LogP contribution in [-0.4, -0.2) is 28.0 Å². The fourth-order valence-electron chi connectivity index (χ4n) is 2.82. The summed E-state index contributed by atoms with van der Waals surface area (Å²) in [6.45, 7) is 6.45. The molecular weight excluding hydrogens is 456 g/mol. The summed E-state index contributed by atoms with van der Waals surface area (Å²) in [7, 11) is 1.44. The Balaban J connectivity index is 2.06. The fourth-order valence-corrected chi connectivity index (χ4v) is 2.82. The zero-order valence-corrected chi connectivity index (χ0v) is 18.3. The Labute approximate surface area is 192 Å². The number of aromatic nitrogens is 3. The number of alkyl halides is 3. The second kappa shape index (κ2) is 9.73. The van der Waals surface area contributed by atoms with Crippen molar-refractivity contribution < 1.29 is 27.1 Å². The third kappa shape index (κ3) is 5.57. The van der Waals surface area contributed by atoms with Crippen LogP contribution in [-0.2, 0) is 11.0 Å². The maximum atomic E-state index is 14.2. The number of aryl methyl sites for hydroxylation is 2. The molecule has 0 bridgehead atoms. The zero-order chi connectivity index (χ0) is 25.0. The maximum absolute atomic E-state index is 14.2. The summed E-state index contributed by atoms with van der Waals surface area (Å²) in [5.41, 5.74) is -0.197. The number of ether oxygens (including phenoxy) is 1. The van der Waals surface area contributed by atoms with Gasteiger partial charge in [0.1, 0.15) is 22.9 Å². The minimum atomic E-state index is -4.82. The molecule has 0 aliphatic carbocycles. The van der Waals surface area contributed by atoms with Crippen LogP contribution in [0.2, 0.25) is 0 Å². The Morgan fingerprint density at radius 2 is 1.79 bits per heavy atom. The van der Waals surface area contributed by atoms with E-state index in [0.717, 1.165) is 12.1 Å². The van der Waals surface area contributed by atoms with Crippen molar-refractivity contribution in [3.63, 3.8) is 0 Å². The van der Waals surface area contributed by atoms with Crippen LogP contribution < -0.4 is 20.7 Å². The number of methoxy groups -OCH3 is 1. The molecule has 178 valence electrons. The van der Waals surface area contributed by atoms with Gasteiger partial charge in [-0.15, -0.1) is 0 Å². The van der Waals surface area contributed by atoms with Crippen LogP contribution in [0.1, 0.15) is 16.8 Å². The van der Waals surface area contributed by atoms with Crippen LogP contribution in [0.3, 0.4) is 0 Å². The second-order valence-electron chi connectivity index (χ2n) is 7.05. The summed E-state index contributed by atoms with van der Waals surface area (Å²) in [6, 6.07) is 3.81. The molecule has 0 aliphatic heterocycles. The molecule has 1 amide bonds. The summed E-state index contributed by atoms with van der Waals surface area (Å²) >= 11 is 0. The van der Waals surface area contributed by atoms with E-state index in [9.17, 15) is 22.4 Å². The first kappa shape index (κ1) is 24.4. The lowest BCUT2D eigenvalue weighted by molar-refractivity contribution is -0.137. The van der Waals surface area contributed by atoms with Gasteiger partial charge in [0.05, 0.1) is 36.1 Å². The van der Waals surface area contributed by atoms with E-state index >= 15 is 0 Å². The van der Waals surface area contributed by atoms with E-state index < -0.39 is 29.3 Å². The summed E-state index contributed by atoms with van der Waals surface area (Å²) in [6.07, 6.45) is -1.78. The lowest BCUT2D eigenvalue weighted by Crippen LogP contribution is -2.14. The van der Waals surface area contributed by atoms with E-state index in [1.165, 1.54) is 26.3 Å². The van der Waals surface area contributed by atoms with Crippen LogP contribution in [0.25, 0.3) is 0 Å². The van der Waals surface area contributed by atoms with Gasteiger partial charge in [-0.2, -0.15) is 18.2 Å². The van der Waals surface area contributed by atoms with Crippen molar-refractivity contribution in [3.8, 4) is 5.75 Å². The molecule has 3 N–H and O–H groups in total. The Morgan fingerprint density at radius 1 is 1.06 bits per heavy atom. The number of carbonyl (C=O) groups is 1. The number of rotatable bonds is 7. The van der Waals surface area contributed by atoms with Gasteiger partial charge in [-0.25, -0.2) is 9.37 Å².